The van der Waals surface area contributed by atoms with Crippen molar-refractivity contribution < 1.29 is 19.0 Å². The van der Waals surface area contributed by atoms with Crippen LogP contribution < -0.4 is 10.1 Å². The highest BCUT2D eigenvalue weighted by Crippen LogP contribution is 2.36. The van der Waals surface area contributed by atoms with E-state index >= 15 is 0 Å². The standard InChI is InChI=1S/C25H32N2O4/c1-29-22-9-7-20(8-10-22)18-26-24(28)27-14-12-25(13-15-27)17-23(11-16-31-25)30-19-21-5-3-2-4-6-21/h2-10,23H,11-19H2,1H3,(H,26,28). The largest absolute Gasteiger partial charge is 0.497 e. The molecule has 2 heterocycles. The van der Waals surface area contributed by atoms with E-state index in [1.807, 2.05) is 47.4 Å². The van der Waals surface area contributed by atoms with E-state index in [9.17, 15) is 4.79 Å². The van der Waals surface area contributed by atoms with Crippen LogP contribution in [0.5, 0.6) is 5.75 Å². The lowest BCUT2D eigenvalue weighted by Crippen LogP contribution is -2.53. The van der Waals surface area contributed by atoms with Crippen LogP contribution in [0.4, 0.5) is 4.79 Å². The number of carbonyl (C=O) groups excluding carboxylic acids is 1. The van der Waals surface area contributed by atoms with E-state index in [0.717, 1.165) is 43.6 Å². The molecule has 0 aliphatic carbocycles. The Hall–Kier alpha value is -2.57. The number of likely N-dealkylation sites (tertiary alicyclic amines) is 1. The first kappa shape index (κ1) is 21.7. The molecule has 0 radical (unpaired) electrons. The maximum absolute atomic E-state index is 12.6. The van der Waals surface area contributed by atoms with Crippen LogP contribution in [-0.2, 0) is 22.6 Å². The topological polar surface area (TPSA) is 60.0 Å². The molecule has 2 saturated heterocycles. The Morgan fingerprint density at radius 2 is 1.84 bits per heavy atom. The van der Waals surface area contributed by atoms with Gasteiger partial charge in [0.05, 0.1) is 25.4 Å². The fourth-order valence-electron chi connectivity index (χ4n) is 4.41. The number of methoxy groups -OCH3 is 1. The predicted molar refractivity (Wildman–Crippen MR) is 119 cm³/mol. The zero-order chi connectivity index (χ0) is 21.5. The summed E-state index contributed by atoms with van der Waals surface area (Å²) in [5.41, 5.74) is 2.09. The van der Waals surface area contributed by atoms with E-state index in [2.05, 4.69) is 17.4 Å². The van der Waals surface area contributed by atoms with Gasteiger partial charge in [-0.3, -0.25) is 0 Å². The van der Waals surface area contributed by atoms with Crippen LogP contribution >= 0.6 is 0 Å². The lowest BCUT2D eigenvalue weighted by Gasteiger charge is -2.46. The summed E-state index contributed by atoms with van der Waals surface area (Å²) in [7, 11) is 1.65. The number of nitrogens with one attached hydrogen (secondary N) is 1. The molecule has 6 nitrogen and oxygen atoms in total. The Morgan fingerprint density at radius 1 is 1.10 bits per heavy atom. The molecule has 166 valence electrons. The van der Waals surface area contributed by atoms with E-state index in [0.29, 0.717) is 26.2 Å². The molecule has 31 heavy (non-hydrogen) atoms. The van der Waals surface area contributed by atoms with Gasteiger partial charge in [-0.1, -0.05) is 42.5 Å². The summed E-state index contributed by atoms with van der Waals surface area (Å²) in [5, 5.41) is 3.03. The van der Waals surface area contributed by atoms with Crippen LogP contribution in [0.1, 0.15) is 36.8 Å². The fraction of sp³-hybridized carbons (Fsp3) is 0.480. The van der Waals surface area contributed by atoms with Crippen LogP contribution in [0.3, 0.4) is 0 Å². The quantitative estimate of drug-likeness (QED) is 0.757. The third-order valence-electron chi connectivity index (χ3n) is 6.34. The number of piperidine rings is 1. The summed E-state index contributed by atoms with van der Waals surface area (Å²) in [5.74, 6) is 0.815. The maximum atomic E-state index is 12.6. The SMILES string of the molecule is COc1ccc(CNC(=O)N2CCC3(CC2)CC(OCc2ccccc2)CCO3)cc1. The van der Waals surface area contributed by atoms with Crippen molar-refractivity contribution in [3.05, 3.63) is 65.7 Å². The molecule has 1 unspecified atom stereocenters. The highest BCUT2D eigenvalue weighted by molar-refractivity contribution is 5.74. The second-order valence-corrected chi connectivity index (χ2v) is 8.44. The van der Waals surface area contributed by atoms with Gasteiger partial charge in [-0.25, -0.2) is 4.79 Å². The number of hydrogen-bond acceptors (Lipinski definition) is 4. The first-order valence-electron chi connectivity index (χ1n) is 11.1. The van der Waals surface area contributed by atoms with Crippen LogP contribution in [0.25, 0.3) is 0 Å². The van der Waals surface area contributed by atoms with Gasteiger partial charge in [0.15, 0.2) is 0 Å². The summed E-state index contributed by atoms with van der Waals surface area (Å²) in [4.78, 5) is 14.5. The van der Waals surface area contributed by atoms with Crippen molar-refractivity contribution in [2.45, 2.75) is 50.5 Å². The number of carbonyl (C=O) groups is 1. The predicted octanol–water partition coefficient (Wildman–Crippen LogP) is 4.14. The van der Waals surface area contributed by atoms with Gasteiger partial charge in [0, 0.05) is 32.7 Å². The molecule has 2 aliphatic rings. The molecule has 4 rings (SSSR count). The molecule has 0 aromatic heterocycles. The van der Waals surface area contributed by atoms with Crippen molar-refractivity contribution >= 4 is 6.03 Å². The molecule has 1 N–H and O–H groups in total. The van der Waals surface area contributed by atoms with Gasteiger partial charge in [-0.2, -0.15) is 0 Å². The third kappa shape index (κ3) is 5.77. The van der Waals surface area contributed by atoms with Gasteiger partial charge in [-0.15, -0.1) is 0 Å². The van der Waals surface area contributed by atoms with Gasteiger partial charge in [-0.05, 0) is 42.5 Å². The zero-order valence-corrected chi connectivity index (χ0v) is 18.2. The molecule has 1 spiro atoms. The number of hydrogen-bond donors (Lipinski definition) is 1. The molecule has 6 heteroatoms. The monoisotopic (exact) mass is 424 g/mol. The summed E-state index contributed by atoms with van der Waals surface area (Å²) < 4.78 is 17.6. The van der Waals surface area contributed by atoms with Gasteiger partial charge in [0.2, 0.25) is 0 Å². The molecule has 2 aromatic carbocycles. The average Bonchev–Trinajstić information content (AvgIpc) is 2.83. The lowest BCUT2D eigenvalue weighted by molar-refractivity contribution is -0.154. The molecular weight excluding hydrogens is 392 g/mol. The van der Waals surface area contributed by atoms with Gasteiger partial charge in [0.25, 0.3) is 0 Å². The van der Waals surface area contributed by atoms with Crippen LogP contribution in [0.2, 0.25) is 0 Å². The molecule has 0 bridgehead atoms. The number of amides is 2. The molecule has 2 fully saturated rings. The minimum absolute atomic E-state index is 0.0154. The minimum atomic E-state index is -0.160. The Balaban J connectivity index is 1.22. The minimum Gasteiger partial charge on any atom is -0.497 e. The lowest BCUT2D eigenvalue weighted by atomic mass is 9.83. The van der Waals surface area contributed by atoms with Crippen molar-refractivity contribution in [2.24, 2.45) is 0 Å². The Bertz CT molecular complexity index is 832. The zero-order valence-electron chi connectivity index (χ0n) is 18.2. The second-order valence-electron chi connectivity index (χ2n) is 8.44. The van der Waals surface area contributed by atoms with E-state index in [-0.39, 0.29) is 17.7 Å². The fourth-order valence-corrected chi connectivity index (χ4v) is 4.41. The van der Waals surface area contributed by atoms with Crippen LogP contribution in [0, 0.1) is 0 Å². The smallest absolute Gasteiger partial charge is 0.317 e. The summed E-state index contributed by atoms with van der Waals surface area (Å²) in [6.45, 7) is 3.29. The molecule has 2 aromatic rings. The Kier molecular flexibility index (Phi) is 7.10. The van der Waals surface area contributed by atoms with Crippen molar-refractivity contribution in [1.82, 2.24) is 10.2 Å². The van der Waals surface area contributed by atoms with E-state index in [4.69, 9.17) is 14.2 Å². The van der Waals surface area contributed by atoms with Crippen molar-refractivity contribution in [1.29, 1.82) is 0 Å². The number of urea groups is 1. The normalized spacial score (nSPS) is 20.4. The van der Waals surface area contributed by atoms with Crippen molar-refractivity contribution in [3.63, 3.8) is 0 Å². The second kappa shape index (κ2) is 10.2. The molecular formula is C25H32N2O4. The summed E-state index contributed by atoms with van der Waals surface area (Å²) in [6.07, 6.45) is 3.76. The molecule has 1 atom stereocenters. The van der Waals surface area contributed by atoms with Crippen LogP contribution in [0.15, 0.2) is 54.6 Å². The number of nitrogens with zero attached hydrogens (tertiary/aromatic N) is 1. The molecule has 2 aliphatic heterocycles. The van der Waals surface area contributed by atoms with Crippen LogP contribution in [-0.4, -0.2) is 49.4 Å². The molecule has 2 amide bonds. The highest BCUT2D eigenvalue weighted by Gasteiger charge is 2.41. The average molecular weight is 425 g/mol. The van der Waals surface area contributed by atoms with Crippen molar-refractivity contribution in [3.8, 4) is 5.75 Å². The molecule has 0 saturated carbocycles. The number of ether oxygens (including phenoxy) is 3. The Labute approximate surface area is 184 Å². The number of rotatable bonds is 6. The van der Waals surface area contributed by atoms with Gasteiger partial charge < -0.3 is 24.4 Å². The first-order valence-corrected chi connectivity index (χ1v) is 11.1. The summed E-state index contributed by atoms with van der Waals surface area (Å²) in [6, 6.07) is 18.0. The van der Waals surface area contributed by atoms with Gasteiger partial charge >= 0.3 is 6.03 Å². The third-order valence-corrected chi connectivity index (χ3v) is 6.34. The highest BCUT2D eigenvalue weighted by atomic mass is 16.5. The summed E-state index contributed by atoms with van der Waals surface area (Å²) >= 11 is 0. The van der Waals surface area contributed by atoms with Gasteiger partial charge in [0.1, 0.15) is 5.75 Å². The van der Waals surface area contributed by atoms with Crippen molar-refractivity contribution in [2.75, 3.05) is 26.8 Å². The van der Waals surface area contributed by atoms with E-state index in [1.54, 1.807) is 7.11 Å². The van der Waals surface area contributed by atoms with E-state index in [1.165, 1.54) is 5.56 Å². The maximum Gasteiger partial charge on any atom is 0.317 e. The first-order chi connectivity index (χ1) is 15.2. The van der Waals surface area contributed by atoms with E-state index < -0.39 is 0 Å². The Morgan fingerprint density at radius 3 is 2.55 bits per heavy atom. The number of benzene rings is 2.